The van der Waals surface area contributed by atoms with Crippen molar-refractivity contribution < 1.29 is 19.5 Å². The monoisotopic (exact) mass is 348 g/mol. The van der Waals surface area contributed by atoms with E-state index < -0.39 is 5.97 Å². The number of amides is 2. The van der Waals surface area contributed by atoms with E-state index in [0.717, 1.165) is 17.2 Å². The first-order chi connectivity index (χ1) is 12.4. The molecule has 2 amide bonds. The van der Waals surface area contributed by atoms with Crippen molar-refractivity contribution in [1.29, 1.82) is 0 Å². The van der Waals surface area contributed by atoms with E-state index in [1.54, 1.807) is 24.3 Å². The first kappa shape index (κ1) is 17.6. The first-order valence-electron chi connectivity index (χ1n) is 8.35. The molecule has 3 rings (SSSR count). The molecule has 1 heterocycles. The van der Waals surface area contributed by atoms with Gasteiger partial charge in [-0.05, 0) is 42.7 Å². The molecule has 1 fully saturated rings. The standard InChI is InChI=1S/C21H19NO4/c1-14-5-7-16(8-6-14)11-17-13-19(23)22(21(17)26)18-4-2-3-15(12-18)9-10-20(24)25/h2-10,12,17H,11,13H2,1H3,(H,24,25)/p-1/b10-9+/t17-/m1/s1. The number of benzene rings is 2. The summed E-state index contributed by atoms with van der Waals surface area (Å²) in [6, 6.07) is 14.6. The first-order valence-corrected chi connectivity index (χ1v) is 8.35. The van der Waals surface area contributed by atoms with E-state index >= 15 is 0 Å². The van der Waals surface area contributed by atoms with Crippen LogP contribution in [0.5, 0.6) is 0 Å². The summed E-state index contributed by atoms with van der Waals surface area (Å²) >= 11 is 0. The van der Waals surface area contributed by atoms with E-state index in [1.165, 1.54) is 11.0 Å². The van der Waals surface area contributed by atoms with Gasteiger partial charge in [0.05, 0.1) is 17.6 Å². The van der Waals surface area contributed by atoms with Crippen LogP contribution >= 0.6 is 0 Å². The molecule has 0 saturated carbocycles. The van der Waals surface area contributed by atoms with Crippen molar-refractivity contribution in [3.8, 4) is 0 Å². The molecule has 1 saturated heterocycles. The third-order valence-corrected chi connectivity index (χ3v) is 4.38. The molecule has 0 N–H and O–H groups in total. The third-order valence-electron chi connectivity index (χ3n) is 4.38. The average molecular weight is 348 g/mol. The lowest BCUT2D eigenvalue weighted by Crippen LogP contribution is -2.30. The van der Waals surface area contributed by atoms with Crippen LogP contribution in [0.25, 0.3) is 6.08 Å². The predicted octanol–water partition coefficient (Wildman–Crippen LogP) is 1.88. The zero-order valence-corrected chi connectivity index (χ0v) is 14.3. The predicted molar refractivity (Wildman–Crippen MR) is 96.0 cm³/mol. The summed E-state index contributed by atoms with van der Waals surface area (Å²) in [6.45, 7) is 2.00. The molecule has 132 valence electrons. The molecule has 5 heteroatoms. The highest BCUT2D eigenvalue weighted by Gasteiger charge is 2.39. The minimum Gasteiger partial charge on any atom is -0.545 e. The zero-order chi connectivity index (χ0) is 18.7. The van der Waals surface area contributed by atoms with Crippen LogP contribution in [0, 0.1) is 12.8 Å². The highest BCUT2D eigenvalue weighted by Crippen LogP contribution is 2.29. The van der Waals surface area contributed by atoms with Gasteiger partial charge in [-0.1, -0.05) is 48.0 Å². The Balaban J connectivity index is 1.79. The summed E-state index contributed by atoms with van der Waals surface area (Å²) in [6.07, 6.45) is 2.97. The van der Waals surface area contributed by atoms with Gasteiger partial charge >= 0.3 is 0 Å². The molecule has 0 aliphatic carbocycles. The molecular weight excluding hydrogens is 330 g/mol. The van der Waals surface area contributed by atoms with E-state index in [1.807, 2.05) is 31.2 Å². The van der Waals surface area contributed by atoms with Crippen LogP contribution in [0.15, 0.2) is 54.6 Å². The molecular formula is C21H18NO4-. The Labute approximate surface area is 151 Å². The Morgan fingerprint density at radius 3 is 2.62 bits per heavy atom. The fourth-order valence-corrected chi connectivity index (χ4v) is 3.07. The van der Waals surface area contributed by atoms with Crippen molar-refractivity contribution in [2.75, 3.05) is 4.90 Å². The second-order valence-electron chi connectivity index (χ2n) is 6.41. The Kier molecular flexibility index (Phi) is 4.98. The lowest BCUT2D eigenvalue weighted by molar-refractivity contribution is -0.297. The highest BCUT2D eigenvalue weighted by atomic mass is 16.4. The van der Waals surface area contributed by atoms with E-state index in [-0.39, 0.29) is 24.2 Å². The van der Waals surface area contributed by atoms with Gasteiger partial charge in [0.25, 0.3) is 0 Å². The van der Waals surface area contributed by atoms with Crippen LogP contribution in [0.3, 0.4) is 0 Å². The maximum atomic E-state index is 12.7. The summed E-state index contributed by atoms with van der Waals surface area (Å²) in [5, 5.41) is 10.5. The molecule has 0 radical (unpaired) electrons. The number of nitrogens with zero attached hydrogens (tertiary/aromatic N) is 1. The van der Waals surface area contributed by atoms with E-state index in [9.17, 15) is 19.5 Å². The molecule has 2 aromatic rings. The van der Waals surface area contributed by atoms with Crippen molar-refractivity contribution >= 4 is 29.5 Å². The van der Waals surface area contributed by atoms with Gasteiger partial charge in [-0.3, -0.25) is 14.5 Å². The second kappa shape index (κ2) is 7.35. The number of aliphatic carboxylic acids is 1. The Morgan fingerprint density at radius 1 is 1.19 bits per heavy atom. The summed E-state index contributed by atoms with van der Waals surface area (Å²) in [7, 11) is 0. The quantitative estimate of drug-likeness (QED) is 0.611. The maximum absolute atomic E-state index is 12.7. The van der Waals surface area contributed by atoms with Crippen LogP contribution in [0.4, 0.5) is 5.69 Å². The van der Waals surface area contributed by atoms with Crippen molar-refractivity contribution in [2.24, 2.45) is 5.92 Å². The lowest BCUT2D eigenvalue weighted by Gasteiger charge is -2.16. The number of hydrogen-bond donors (Lipinski definition) is 0. The minimum absolute atomic E-state index is 0.172. The molecule has 0 bridgehead atoms. The third kappa shape index (κ3) is 3.88. The molecule has 0 aromatic heterocycles. The average Bonchev–Trinajstić information content (AvgIpc) is 2.89. The summed E-state index contributed by atoms with van der Waals surface area (Å²) in [4.78, 5) is 36.9. The van der Waals surface area contributed by atoms with E-state index in [0.29, 0.717) is 17.7 Å². The van der Waals surface area contributed by atoms with Gasteiger partial charge in [0, 0.05) is 6.42 Å². The molecule has 0 spiro atoms. The van der Waals surface area contributed by atoms with Crippen molar-refractivity contribution in [1.82, 2.24) is 0 Å². The fraction of sp³-hybridized carbons (Fsp3) is 0.190. The number of aryl methyl sites for hydroxylation is 1. The number of carboxylic acids is 1. The van der Waals surface area contributed by atoms with Crippen molar-refractivity contribution in [3.63, 3.8) is 0 Å². The number of carboxylic acid groups (broad SMARTS) is 1. The molecule has 0 unspecified atom stereocenters. The fourth-order valence-electron chi connectivity index (χ4n) is 3.07. The number of anilines is 1. The lowest BCUT2D eigenvalue weighted by atomic mass is 9.97. The van der Waals surface area contributed by atoms with Gasteiger partial charge < -0.3 is 9.90 Å². The smallest absolute Gasteiger partial charge is 0.237 e. The summed E-state index contributed by atoms with van der Waals surface area (Å²) in [5.41, 5.74) is 3.20. The highest BCUT2D eigenvalue weighted by molar-refractivity contribution is 6.21. The Hall–Kier alpha value is -3.21. The minimum atomic E-state index is -1.30. The summed E-state index contributed by atoms with van der Waals surface area (Å²) in [5.74, 6) is -2.15. The van der Waals surface area contributed by atoms with Crippen molar-refractivity contribution in [3.05, 3.63) is 71.3 Å². The number of hydrogen-bond acceptors (Lipinski definition) is 4. The Bertz CT molecular complexity index is 883. The topological polar surface area (TPSA) is 77.5 Å². The normalized spacial score (nSPS) is 17.3. The zero-order valence-electron chi connectivity index (χ0n) is 14.3. The van der Waals surface area contributed by atoms with Gasteiger partial charge in [-0.2, -0.15) is 0 Å². The largest absolute Gasteiger partial charge is 0.545 e. The molecule has 26 heavy (non-hydrogen) atoms. The van der Waals surface area contributed by atoms with Gasteiger partial charge in [0.15, 0.2) is 0 Å². The number of rotatable bonds is 5. The molecule has 1 atom stereocenters. The number of imide groups is 1. The molecule has 2 aromatic carbocycles. The second-order valence-corrected chi connectivity index (χ2v) is 6.41. The van der Waals surface area contributed by atoms with Gasteiger partial charge in [0.2, 0.25) is 11.8 Å². The van der Waals surface area contributed by atoms with E-state index in [2.05, 4.69) is 0 Å². The van der Waals surface area contributed by atoms with Crippen LogP contribution in [-0.4, -0.2) is 17.8 Å². The SMILES string of the molecule is Cc1ccc(C[C@@H]2CC(=O)N(c3cccc(/C=C/C(=O)[O-])c3)C2=O)cc1. The van der Waals surface area contributed by atoms with Gasteiger partial charge in [-0.25, -0.2) is 0 Å². The molecule has 1 aliphatic rings. The van der Waals surface area contributed by atoms with Gasteiger partial charge in [-0.15, -0.1) is 0 Å². The van der Waals surface area contributed by atoms with E-state index in [4.69, 9.17) is 0 Å². The molecule has 1 aliphatic heterocycles. The van der Waals surface area contributed by atoms with Crippen LogP contribution in [0.2, 0.25) is 0 Å². The molecule has 5 nitrogen and oxygen atoms in total. The maximum Gasteiger partial charge on any atom is 0.237 e. The van der Waals surface area contributed by atoms with Crippen molar-refractivity contribution in [2.45, 2.75) is 19.8 Å². The number of carbonyl (C=O) groups is 3. The van der Waals surface area contributed by atoms with Gasteiger partial charge in [0.1, 0.15) is 0 Å². The van der Waals surface area contributed by atoms with Crippen LogP contribution in [0.1, 0.15) is 23.1 Å². The number of carbonyl (C=O) groups excluding carboxylic acids is 3. The Morgan fingerprint density at radius 2 is 1.92 bits per heavy atom. The van der Waals surface area contributed by atoms with Crippen LogP contribution < -0.4 is 10.0 Å². The summed E-state index contributed by atoms with van der Waals surface area (Å²) < 4.78 is 0. The van der Waals surface area contributed by atoms with Crippen LogP contribution in [-0.2, 0) is 20.8 Å².